The minimum absolute atomic E-state index is 0.131. The number of halogens is 1. The van der Waals surface area contributed by atoms with E-state index in [2.05, 4.69) is 26.1 Å². The van der Waals surface area contributed by atoms with Gasteiger partial charge in [0.1, 0.15) is 5.75 Å². The number of rotatable bonds is 7. The quantitative estimate of drug-likeness (QED) is 0.470. The smallest absolute Gasteiger partial charge is 0.319 e. The monoisotopic (exact) mass is 484 g/mol. The fourth-order valence-corrected chi connectivity index (χ4v) is 4.02. The third kappa shape index (κ3) is 6.24. The molecule has 11 heteroatoms. The maximum absolute atomic E-state index is 12.7. The van der Waals surface area contributed by atoms with Gasteiger partial charge >= 0.3 is 6.03 Å². The average molecular weight is 485 g/mol. The number of carbonyl (C=O) groups excluding carboxylic acids is 2. The Balaban J connectivity index is 1.43. The van der Waals surface area contributed by atoms with Crippen LogP contribution in [-0.4, -0.2) is 59.8 Å². The number of piperidine rings is 1. The summed E-state index contributed by atoms with van der Waals surface area (Å²) in [6.07, 6.45) is 3.75. The number of hydrogen-bond donors (Lipinski definition) is 3. The molecule has 3 aromatic rings. The lowest BCUT2D eigenvalue weighted by molar-refractivity contribution is -0.117. The molecule has 3 N–H and O–H groups in total. The Morgan fingerprint density at radius 2 is 2.00 bits per heavy atom. The van der Waals surface area contributed by atoms with Crippen molar-refractivity contribution in [1.82, 2.24) is 20.4 Å². The minimum atomic E-state index is -0.317. The van der Waals surface area contributed by atoms with Gasteiger partial charge in [-0.2, -0.15) is 0 Å². The molecule has 1 saturated heterocycles. The molecule has 2 unspecified atom stereocenters. The van der Waals surface area contributed by atoms with Gasteiger partial charge in [-0.3, -0.25) is 20.0 Å². The fraction of sp³-hybridized carbons (Fsp3) is 0.304. The first kappa shape index (κ1) is 23.5. The van der Waals surface area contributed by atoms with Crippen LogP contribution in [0.5, 0.6) is 5.75 Å². The van der Waals surface area contributed by atoms with Crippen molar-refractivity contribution in [2.75, 3.05) is 37.4 Å². The van der Waals surface area contributed by atoms with E-state index >= 15 is 0 Å². The summed E-state index contributed by atoms with van der Waals surface area (Å²) in [6.45, 7) is 1.34. The lowest BCUT2D eigenvalue weighted by atomic mass is 9.88. The molecule has 1 aliphatic heterocycles. The molecule has 0 saturated carbocycles. The van der Waals surface area contributed by atoms with E-state index in [-0.39, 0.29) is 30.4 Å². The molecule has 10 nitrogen and oxygen atoms in total. The van der Waals surface area contributed by atoms with Gasteiger partial charge in [-0.15, -0.1) is 0 Å². The first-order valence-electron chi connectivity index (χ1n) is 10.8. The van der Waals surface area contributed by atoms with Gasteiger partial charge in [0.15, 0.2) is 0 Å². The third-order valence-electron chi connectivity index (χ3n) is 5.56. The van der Waals surface area contributed by atoms with Gasteiger partial charge in [0.05, 0.1) is 26.0 Å². The maximum atomic E-state index is 12.7. The first-order chi connectivity index (χ1) is 16.5. The number of benzene rings is 1. The third-order valence-corrected chi connectivity index (χ3v) is 5.81. The molecule has 3 heterocycles. The molecule has 3 amide bonds. The second kappa shape index (κ2) is 11.0. The number of pyridine rings is 1. The zero-order valence-corrected chi connectivity index (χ0v) is 19.3. The highest BCUT2D eigenvalue weighted by Gasteiger charge is 2.33. The summed E-state index contributed by atoms with van der Waals surface area (Å²) < 4.78 is 10.2. The minimum Gasteiger partial charge on any atom is -0.495 e. The predicted molar refractivity (Wildman–Crippen MR) is 127 cm³/mol. The van der Waals surface area contributed by atoms with Crippen LogP contribution >= 0.6 is 11.6 Å². The van der Waals surface area contributed by atoms with E-state index < -0.39 is 0 Å². The van der Waals surface area contributed by atoms with E-state index in [1.54, 1.807) is 43.6 Å². The van der Waals surface area contributed by atoms with E-state index in [1.807, 2.05) is 17.0 Å². The van der Waals surface area contributed by atoms with Crippen molar-refractivity contribution < 1.29 is 18.8 Å². The predicted octanol–water partition coefficient (Wildman–Crippen LogP) is 3.35. The van der Waals surface area contributed by atoms with Gasteiger partial charge < -0.3 is 19.9 Å². The average Bonchev–Trinajstić information content (AvgIpc) is 3.34. The van der Waals surface area contributed by atoms with Gasteiger partial charge in [0, 0.05) is 47.5 Å². The number of hydrogen-bond acceptors (Lipinski definition) is 7. The molecule has 1 fully saturated rings. The summed E-state index contributed by atoms with van der Waals surface area (Å²) >= 11 is 5.92. The van der Waals surface area contributed by atoms with E-state index in [9.17, 15) is 9.59 Å². The van der Waals surface area contributed by atoms with Crippen LogP contribution in [0.15, 0.2) is 59.4 Å². The van der Waals surface area contributed by atoms with Crippen LogP contribution in [0.4, 0.5) is 16.4 Å². The van der Waals surface area contributed by atoms with Crippen LogP contribution in [0, 0.1) is 0 Å². The van der Waals surface area contributed by atoms with Crippen LogP contribution in [0.3, 0.4) is 0 Å². The van der Waals surface area contributed by atoms with Crippen LogP contribution in [-0.2, 0) is 4.79 Å². The van der Waals surface area contributed by atoms with Crippen molar-refractivity contribution in [2.45, 2.75) is 18.4 Å². The van der Waals surface area contributed by atoms with Crippen molar-refractivity contribution in [3.63, 3.8) is 0 Å². The molecule has 4 rings (SSSR count). The lowest BCUT2D eigenvalue weighted by Crippen LogP contribution is -2.52. The van der Waals surface area contributed by atoms with Crippen molar-refractivity contribution >= 4 is 35.1 Å². The normalized spacial score (nSPS) is 18.2. The Bertz CT molecular complexity index is 1090. The Morgan fingerprint density at radius 3 is 2.68 bits per heavy atom. The number of carbonyl (C=O) groups is 2. The van der Waals surface area contributed by atoms with Crippen LogP contribution in [0.1, 0.15) is 18.0 Å². The van der Waals surface area contributed by atoms with Gasteiger partial charge in [0.2, 0.25) is 11.8 Å². The van der Waals surface area contributed by atoms with Gasteiger partial charge in [-0.25, -0.2) is 4.79 Å². The second-order valence-corrected chi connectivity index (χ2v) is 8.33. The molecule has 1 aliphatic rings. The first-order valence-corrected chi connectivity index (χ1v) is 11.1. The molecule has 2 aromatic heterocycles. The van der Waals surface area contributed by atoms with E-state index in [4.69, 9.17) is 20.9 Å². The highest BCUT2D eigenvalue weighted by atomic mass is 35.5. The van der Waals surface area contributed by atoms with Crippen molar-refractivity contribution in [2.24, 2.45) is 0 Å². The summed E-state index contributed by atoms with van der Waals surface area (Å²) in [5.41, 5.74) is 1.44. The number of amides is 3. The Morgan fingerprint density at radius 1 is 1.18 bits per heavy atom. The Hall–Kier alpha value is -3.63. The highest BCUT2D eigenvalue weighted by molar-refractivity contribution is 6.30. The summed E-state index contributed by atoms with van der Waals surface area (Å²) in [5, 5.41) is 12.8. The largest absolute Gasteiger partial charge is 0.495 e. The molecule has 34 heavy (non-hydrogen) atoms. The summed E-state index contributed by atoms with van der Waals surface area (Å²) in [7, 11) is 1.58. The SMILES string of the molecule is COc1ccc(C2CN(CC(=O)Nc3ccno3)CCC2NC(=O)Nc2ccc(Cl)cc2)nc1. The number of ether oxygens (including phenoxy) is 1. The van der Waals surface area contributed by atoms with Crippen LogP contribution < -0.4 is 20.7 Å². The summed E-state index contributed by atoms with van der Waals surface area (Å²) in [4.78, 5) is 31.7. The van der Waals surface area contributed by atoms with Crippen molar-refractivity contribution in [3.8, 4) is 5.75 Å². The van der Waals surface area contributed by atoms with Gasteiger partial charge in [-0.05, 0) is 42.8 Å². The molecule has 1 aromatic carbocycles. The molecule has 0 aliphatic carbocycles. The molecular weight excluding hydrogens is 460 g/mol. The fourth-order valence-electron chi connectivity index (χ4n) is 3.90. The van der Waals surface area contributed by atoms with Gasteiger partial charge in [0.25, 0.3) is 0 Å². The maximum Gasteiger partial charge on any atom is 0.319 e. The summed E-state index contributed by atoms with van der Waals surface area (Å²) in [5.74, 6) is 0.611. The highest BCUT2D eigenvalue weighted by Crippen LogP contribution is 2.27. The molecular formula is C23H25ClN6O4. The zero-order valence-electron chi connectivity index (χ0n) is 18.5. The summed E-state index contributed by atoms with van der Waals surface area (Å²) in [6, 6.07) is 11.7. The molecule has 0 radical (unpaired) electrons. The molecule has 178 valence electrons. The van der Waals surface area contributed by atoms with Crippen LogP contribution in [0.25, 0.3) is 0 Å². The van der Waals surface area contributed by atoms with E-state index in [0.717, 1.165) is 5.69 Å². The molecule has 0 spiro atoms. The van der Waals surface area contributed by atoms with Gasteiger partial charge in [-0.1, -0.05) is 16.8 Å². The number of nitrogens with zero attached hydrogens (tertiary/aromatic N) is 3. The zero-order chi connectivity index (χ0) is 23.9. The number of anilines is 2. The number of likely N-dealkylation sites (tertiary alicyclic amines) is 1. The number of urea groups is 1. The van der Waals surface area contributed by atoms with E-state index in [1.165, 1.54) is 6.20 Å². The molecule has 0 bridgehead atoms. The Kier molecular flexibility index (Phi) is 7.61. The topological polar surface area (TPSA) is 122 Å². The number of nitrogens with one attached hydrogen (secondary N) is 3. The van der Waals surface area contributed by atoms with Crippen molar-refractivity contribution in [3.05, 3.63) is 65.6 Å². The Labute approximate surface area is 201 Å². The standard InChI is InChI=1S/C23H25ClN6O4/c1-33-17-6-7-19(25-12-17)18-13-30(14-21(31)29-22-8-10-26-34-22)11-9-20(18)28-23(32)27-16-4-2-15(24)3-5-16/h2-8,10,12,18,20H,9,11,13-14H2,1H3,(H,29,31)(H2,27,28,32). The van der Waals surface area contributed by atoms with Crippen LogP contribution in [0.2, 0.25) is 5.02 Å². The molecule has 2 atom stereocenters. The van der Waals surface area contributed by atoms with Crippen molar-refractivity contribution in [1.29, 1.82) is 0 Å². The number of methoxy groups -OCH3 is 1. The second-order valence-electron chi connectivity index (χ2n) is 7.89. The number of aromatic nitrogens is 2. The van der Waals surface area contributed by atoms with E-state index in [0.29, 0.717) is 41.9 Å². The lowest BCUT2D eigenvalue weighted by Gasteiger charge is -2.38.